The van der Waals surface area contributed by atoms with Crippen molar-refractivity contribution in [2.45, 2.75) is 43.8 Å². The van der Waals surface area contributed by atoms with Gasteiger partial charge in [-0.3, -0.25) is 4.79 Å². The molecule has 0 unspecified atom stereocenters. The molecule has 0 saturated carbocycles. The Morgan fingerprint density at radius 1 is 1.00 bits per heavy atom. The molecule has 0 aliphatic heterocycles. The summed E-state index contributed by atoms with van der Waals surface area (Å²) < 4.78 is 43.7. The standard InChI is InChI=1S/C25H24F3NO4S/c1-24(2,3)21(23(31)32)29-22(30)19-13-10-16-6-4-5-7-18(16)20(19)33-14-15-8-11-17(12-9-15)34-25(26,27)28/h4-13,21H,14H2,1-3H3,(H,29,30)(H,31,32)/t21-/m1/s1. The second-order valence-electron chi connectivity index (χ2n) is 8.75. The maximum atomic E-state index is 13.1. The predicted molar refractivity (Wildman–Crippen MR) is 125 cm³/mol. The maximum absolute atomic E-state index is 13.1. The molecular formula is C25H24F3NO4S. The predicted octanol–water partition coefficient (Wildman–Crippen LogP) is 6.26. The SMILES string of the molecule is CC(C)(C)[C@H](NC(=O)c1ccc2ccccc2c1OCc1ccc(SC(F)(F)F)cc1)C(=O)O. The Hall–Kier alpha value is -3.20. The zero-order valence-corrected chi connectivity index (χ0v) is 19.6. The van der Waals surface area contributed by atoms with Crippen LogP contribution in [0.4, 0.5) is 13.2 Å². The topological polar surface area (TPSA) is 75.6 Å². The zero-order valence-electron chi connectivity index (χ0n) is 18.8. The first-order valence-electron chi connectivity index (χ1n) is 10.4. The number of hydrogen-bond acceptors (Lipinski definition) is 4. The number of rotatable bonds is 7. The fourth-order valence-corrected chi connectivity index (χ4v) is 3.92. The number of hydrogen-bond donors (Lipinski definition) is 2. The van der Waals surface area contributed by atoms with Gasteiger partial charge in [-0.2, -0.15) is 13.2 Å². The highest BCUT2D eigenvalue weighted by atomic mass is 32.2. The smallest absolute Gasteiger partial charge is 0.446 e. The molecule has 0 bridgehead atoms. The van der Waals surface area contributed by atoms with Crippen LogP contribution in [0.3, 0.4) is 0 Å². The molecule has 3 aromatic rings. The monoisotopic (exact) mass is 491 g/mol. The molecule has 3 aromatic carbocycles. The van der Waals surface area contributed by atoms with Crippen molar-refractivity contribution in [2.24, 2.45) is 5.41 Å². The van der Waals surface area contributed by atoms with Crippen LogP contribution in [0.5, 0.6) is 5.75 Å². The van der Waals surface area contributed by atoms with Crippen LogP contribution < -0.4 is 10.1 Å². The van der Waals surface area contributed by atoms with Crippen LogP contribution in [0.1, 0.15) is 36.7 Å². The third-order valence-electron chi connectivity index (χ3n) is 5.05. The number of thioether (sulfide) groups is 1. The normalized spacial score (nSPS) is 12.9. The van der Waals surface area contributed by atoms with E-state index in [0.29, 0.717) is 10.9 Å². The number of amides is 1. The lowest BCUT2D eigenvalue weighted by atomic mass is 9.86. The second-order valence-corrected chi connectivity index (χ2v) is 9.89. The van der Waals surface area contributed by atoms with Gasteiger partial charge in [-0.1, -0.05) is 63.2 Å². The third kappa shape index (κ3) is 6.44. The fraction of sp³-hybridized carbons (Fsp3) is 0.280. The van der Waals surface area contributed by atoms with Gasteiger partial charge in [0.25, 0.3) is 5.91 Å². The summed E-state index contributed by atoms with van der Waals surface area (Å²) >= 11 is -0.200. The van der Waals surface area contributed by atoms with Gasteiger partial charge in [0.15, 0.2) is 0 Å². The van der Waals surface area contributed by atoms with E-state index in [1.807, 2.05) is 12.1 Å². The number of carbonyl (C=O) groups is 2. The van der Waals surface area contributed by atoms with Crippen LogP contribution in [0.2, 0.25) is 0 Å². The number of carboxylic acid groups (broad SMARTS) is 1. The minimum Gasteiger partial charge on any atom is -0.487 e. The van der Waals surface area contributed by atoms with Gasteiger partial charge >= 0.3 is 11.5 Å². The first-order valence-corrected chi connectivity index (χ1v) is 11.2. The third-order valence-corrected chi connectivity index (χ3v) is 5.79. The van der Waals surface area contributed by atoms with Gasteiger partial charge in [-0.05, 0) is 46.3 Å². The summed E-state index contributed by atoms with van der Waals surface area (Å²) in [6.07, 6.45) is 0. The summed E-state index contributed by atoms with van der Waals surface area (Å²) in [7, 11) is 0. The van der Waals surface area contributed by atoms with Gasteiger partial charge in [0.2, 0.25) is 0 Å². The largest absolute Gasteiger partial charge is 0.487 e. The summed E-state index contributed by atoms with van der Waals surface area (Å²) in [5.74, 6) is -1.48. The van der Waals surface area contributed by atoms with Gasteiger partial charge < -0.3 is 15.2 Å². The number of ether oxygens (including phenoxy) is 1. The number of alkyl halides is 3. The maximum Gasteiger partial charge on any atom is 0.446 e. The molecule has 0 saturated heterocycles. The van der Waals surface area contributed by atoms with Gasteiger partial charge in [0.05, 0.1) is 5.56 Å². The van der Waals surface area contributed by atoms with Crippen molar-refractivity contribution in [3.63, 3.8) is 0 Å². The van der Waals surface area contributed by atoms with Crippen molar-refractivity contribution in [2.75, 3.05) is 0 Å². The van der Waals surface area contributed by atoms with Crippen LogP contribution in [-0.4, -0.2) is 28.5 Å². The number of nitrogens with one attached hydrogen (secondary N) is 1. The van der Waals surface area contributed by atoms with E-state index in [4.69, 9.17) is 4.74 Å². The summed E-state index contributed by atoms with van der Waals surface area (Å²) in [5.41, 5.74) is -4.32. The van der Waals surface area contributed by atoms with E-state index in [0.717, 1.165) is 5.39 Å². The Labute approximate surface area is 199 Å². The molecule has 2 N–H and O–H groups in total. The number of benzene rings is 3. The number of carboxylic acids is 1. The fourth-order valence-electron chi connectivity index (χ4n) is 3.38. The number of halogens is 3. The van der Waals surface area contributed by atoms with E-state index in [1.165, 1.54) is 24.3 Å². The lowest BCUT2D eigenvalue weighted by Gasteiger charge is -2.28. The number of aliphatic carboxylic acids is 1. The van der Waals surface area contributed by atoms with Crippen molar-refractivity contribution in [3.05, 3.63) is 71.8 Å². The Kier molecular flexibility index (Phi) is 7.45. The second kappa shape index (κ2) is 9.97. The van der Waals surface area contributed by atoms with E-state index < -0.39 is 28.8 Å². The van der Waals surface area contributed by atoms with Crippen molar-refractivity contribution >= 4 is 34.4 Å². The highest BCUT2D eigenvalue weighted by Crippen LogP contribution is 2.37. The molecule has 0 spiro atoms. The average molecular weight is 492 g/mol. The molecule has 5 nitrogen and oxygen atoms in total. The molecule has 34 heavy (non-hydrogen) atoms. The first kappa shape index (κ1) is 25.4. The van der Waals surface area contributed by atoms with E-state index in [9.17, 15) is 27.9 Å². The van der Waals surface area contributed by atoms with Crippen molar-refractivity contribution in [1.29, 1.82) is 0 Å². The van der Waals surface area contributed by atoms with Gasteiger partial charge in [-0.25, -0.2) is 4.79 Å². The Morgan fingerprint density at radius 3 is 2.24 bits per heavy atom. The lowest BCUT2D eigenvalue weighted by molar-refractivity contribution is -0.142. The summed E-state index contributed by atoms with van der Waals surface area (Å²) in [6.45, 7) is 5.15. The van der Waals surface area contributed by atoms with Gasteiger partial charge in [-0.15, -0.1) is 0 Å². The van der Waals surface area contributed by atoms with Crippen molar-refractivity contribution in [1.82, 2.24) is 5.32 Å². The van der Waals surface area contributed by atoms with E-state index in [1.54, 1.807) is 45.0 Å². The summed E-state index contributed by atoms with van der Waals surface area (Å²) in [5, 5.41) is 13.6. The molecule has 0 aliphatic carbocycles. The van der Waals surface area contributed by atoms with Crippen LogP contribution in [0, 0.1) is 5.41 Å². The minimum absolute atomic E-state index is 0.00683. The van der Waals surface area contributed by atoms with Crippen LogP contribution in [0.15, 0.2) is 65.6 Å². The molecule has 3 rings (SSSR count). The molecule has 1 atom stereocenters. The Morgan fingerprint density at radius 2 is 1.65 bits per heavy atom. The molecule has 0 radical (unpaired) electrons. The number of fused-ring (bicyclic) bond motifs is 1. The summed E-state index contributed by atoms with van der Waals surface area (Å²) in [4.78, 5) is 24.9. The average Bonchev–Trinajstić information content (AvgIpc) is 2.74. The van der Waals surface area contributed by atoms with E-state index in [-0.39, 0.29) is 34.6 Å². The molecule has 180 valence electrons. The van der Waals surface area contributed by atoms with Gasteiger partial charge in [0, 0.05) is 10.3 Å². The first-order chi connectivity index (χ1) is 15.8. The van der Waals surface area contributed by atoms with Crippen molar-refractivity contribution < 1.29 is 32.6 Å². The number of carbonyl (C=O) groups excluding carboxylic acids is 1. The van der Waals surface area contributed by atoms with E-state index >= 15 is 0 Å². The Balaban J connectivity index is 1.89. The highest BCUT2D eigenvalue weighted by molar-refractivity contribution is 8.00. The van der Waals surface area contributed by atoms with Gasteiger partial charge in [0.1, 0.15) is 18.4 Å². The zero-order chi connectivity index (χ0) is 25.1. The molecule has 0 fully saturated rings. The molecule has 1 amide bonds. The molecule has 0 aliphatic rings. The summed E-state index contributed by atoms with van der Waals surface area (Å²) in [6, 6.07) is 15.2. The van der Waals surface area contributed by atoms with Crippen LogP contribution in [0.25, 0.3) is 10.8 Å². The van der Waals surface area contributed by atoms with Crippen LogP contribution >= 0.6 is 11.8 Å². The van der Waals surface area contributed by atoms with Crippen LogP contribution in [-0.2, 0) is 11.4 Å². The minimum atomic E-state index is -4.37. The molecule has 0 heterocycles. The molecular weight excluding hydrogens is 467 g/mol. The Bertz CT molecular complexity index is 1190. The molecule has 9 heteroatoms. The van der Waals surface area contributed by atoms with Crippen molar-refractivity contribution in [3.8, 4) is 5.75 Å². The lowest BCUT2D eigenvalue weighted by Crippen LogP contribution is -2.49. The quantitative estimate of drug-likeness (QED) is 0.382. The molecule has 0 aromatic heterocycles. The highest BCUT2D eigenvalue weighted by Gasteiger charge is 2.33. The van der Waals surface area contributed by atoms with E-state index in [2.05, 4.69) is 5.32 Å².